The van der Waals surface area contributed by atoms with Crippen molar-refractivity contribution in [2.45, 2.75) is 46.1 Å². The molecule has 0 aliphatic carbocycles. The summed E-state index contributed by atoms with van der Waals surface area (Å²) in [6, 6.07) is 5.85. The van der Waals surface area contributed by atoms with Crippen LogP contribution in [0.1, 0.15) is 39.9 Å². The van der Waals surface area contributed by atoms with E-state index in [9.17, 15) is 4.79 Å². The molecule has 2 rings (SSSR count). The van der Waals surface area contributed by atoms with Crippen molar-refractivity contribution < 1.29 is 9.53 Å². The number of pyridine rings is 1. The third-order valence-electron chi connectivity index (χ3n) is 3.64. The Morgan fingerprint density at radius 1 is 1.18 bits per heavy atom. The van der Waals surface area contributed by atoms with Gasteiger partial charge in [-0.25, -0.2) is 4.79 Å². The van der Waals surface area contributed by atoms with Crippen molar-refractivity contribution in [1.82, 2.24) is 30.5 Å². The summed E-state index contributed by atoms with van der Waals surface area (Å²) in [4.78, 5) is 16.2. The molecule has 0 spiro atoms. The third kappa shape index (κ3) is 7.42. The van der Waals surface area contributed by atoms with Crippen molar-refractivity contribution in [3.8, 4) is 0 Å². The van der Waals surface area contributed by atoms with Crippen LogP contribution >= 0.6 is 0 Å². The van der Waals surface area contributed by atoms with Gasteiger partial charge in [0.05, 0.1) is 0 Å². The first kappa shape index (κ1) is 21.5. The molecule has 2 heterocycles. The molecule has 0 fully saturated rings. The van der Waals surface area contributed by atoms with Gasteiger partial charge >= 0.3 is 6.09 Å². The highest BCUT2D eigenvalue weighted by molar-refractivity contribution is 5.79. The van der Waals surface area contributed by atoms with Crippen LogP contribution in [-0.2, 0) is 11.2 Å². The second kappa shape index (κ2) is 10.5. The number of amides is 1. The molecule has 0 bridgehead atoms. The van der Waals surface area contributed by atoms with Crippen LogP contribution in [0.5, 0.6) is 0 Å². The minimum absolute atomic E-state index is 0.420. The average Bonchev–Trinajstić information content (AvgIpc) is 3.04. The standard InChI is InChI=1S/C19H31N7O2/c1-5-20-17(22-12-13-23-18(27)28-19(2,3)4)21-11-8-10-16-25-24-15-9-6-7-14-26(15)16/h6-7,9,14H,5,8,10-13H2,1-4H3,(H,23,27)(H2,20,21,22). The SMILES string of the molecule is CCNC(=NCCCc1nnc2ccccn12)NCCNC(=O)OC(C)(C)C. The summed E-state index contributed by atoms with van der Waals surface area (Å²) >= 11 is 0. The molecule has 0 atom stereocenters. The lowest BCUT2D eigenvalue weighted by Gasteiger charge is -2.19. The Labute approximate surface area is 166 Å². The zero-order valence-corrected chi connectivity index (χ0v) is 17.2. The number of rotatable bonds is 8. The Bertz CT molecular complexity index is 780. The second-order valence-corrected chi connectivity index (χ2v) is 7.26. The van der Waals surface area contributed by atoms with E-state index in [-0.39, 0.29) is 0 Å². The van der Waals surface area contributed by atoms with Crippen molar-refractivity contribution in [2.75, 3.05) is 26.2 Å². The van der Waals surface area contributed by atoms with E-state index in [1.54, 1.807) is 0 Å². The van der Waals surface area contributed by atoms with Crippen LogP contribution in [0.15, 0.2) is 29.4 Å². The smallest absolute Gasteiger partial charge is 0.407 e. The summed E-state index contributed by atoms with van der Waals surface area (Å²) in [6.45, 7) is 9.95. The van der Waals surface area contributed by atoms with Gasteiger partial charge < -0.3 is 20.7 Å². The van der Waals surface area contributed by atoms with Crippen LogP contribution in [0, 0.1) is 0 Å². The number of hydrogen-bond donors (Lipinski definition) is 3. The highest BCUT2D eigenvalue weighted by Gasteiger charge is 2.15. The number of aliphatic imine (C=N–C) groups is 1. The topological polar surface area (TPSA) is 105 Å². The molecule has 2 aromatic heterocycles. The zero-order valence-electron chi connectivity index (χ0n) is 17.2. The number of guanidine groups is 1. The van der Waals surface area contributed by atoms with E-state index >= 15 is 0 Å². The lowest BCUT2D eigenvalue weighted by atomic mass is 10.2. The van der Waals surface area contributed by atoms with Crippen LogP contribution in [0.2, 0.25) is 0 Å². The molecule has 1 amide bonds. The summed E-state index contributed by atoms with van der Waals surface area (Å²) in [5, 5.41) is 17.5. The number of carbonyl (C=O) groups is 1. The number of alkyl carbamates (subject to hydrolysis) is 1. The number of hydrogen-bond acceptors (Lipinski definition) is 5. The van der Waals surface area contributed by atoms with Gasteiger partial charge in [-0.2, -0.15) is 0 Å². The maximum absolute atomic E-state index is 11.6. The quantitative estimate of drug-likeness (QED) is 0.361. The molecule has 0 aliphatic rings. The lowest BCUT2D eigenvalue weighted by Crippen LogP contribution is -2.42. The van der Waals surface area contributed by atoms with E-state index in [1.807, 2.05) is 56.5 Å². The molecule has 3 N–H and O–H groups in total. The van der Waals surface area contributed by atoms with Gasteiger partial charge in [0.2, 0.25) is 0 Å². The van der Waals surface area contributed by atoms with Crippen molar-refractivity contribution in [3.63, 3.8) is 0 Å². The molecule has 0 saturated heterocycles. The van der Waals surface area contributed by atoms with E-state index < -0.39 is 11.7 Å². The molecule has 0 radical (unpaired) electrons. The first-order valence-electron chi connectivity index (χ1n) is 9.66. The van der Waals surface area contributed by atoms with Gasteiger partial charge in [-0.3, -0.25) is 9.39 Å². The van der Waals surface area contributed by atoms with E-state index in [4.69, 9.17) is 4.74 Å². The third-order valence-corrected chi connectivity index (χ3v) is 3.64. The van der Waals surface area contributed by atoms with E-state index in [0.717, 1.165) is 36.8 Å². The van der Waals surface area contributed by atoms with Gasteiger partial charge in [-0.15, -0.1) is 10.2 Å². The predicted molar refractivity (Wildman–Crippen MR) is 110 cm³/mol. The summed E-state index contributed by atoms with van der Waals surface area (Å²) in [5.74, 6) is 1.66. The minimum atomic E-state index is -0.496. The molecule has 28 heavy (non-hydrogen) atoms. The number of nitrogens with one attached hydrogen (secondary N) is 3. The number of aryl methyl sites for hydroxylation is 1. The Morgan fingerprint density at radius 3 is 2.71 bits per heavy atom. The van der Waals surface area contributed by atoms with Crippen LogP contribution in [0.4, 0.5) is 4.79 Å². The molecule has 0 saturated carbocycles. The maximum Gasteiger partial charge on any atom is 0.407 e. The predicted octanol–water partition coefficient (Wildman–Crippen LogP) is 1.74. The Kier molecular flexibility index (Phi) is 8.03. The molecule has 0 aromatic carbocycles. The zero-order chi connectivity index (χ0) is 20.4. The van der Waals surface area contributed by atoms with Crippen molar-refractivity contribution in [3.05, 3.63) is 30.2 Å². The first-order chi connectivity index (χ1) is 13.4. The van der Waals surface area contributed by atoms with Crippen molar-refractivity contribution >= 4 is 17.7 Å². The fourth-order valence-corrected chi connectivity index (χ4v) is 2.49. The van der Waals surface area contributed by atoms with Gasteiger partial charge in [0.15, 0.2) is 11.6 Å². The highest BCUT2D eigenvalue weighted by atomic mass is 16.6. The number of carbonyl (C=O) groups excluding carboxylic acids is 1. The van der Waals surface area contributed by atoms with Crippen LogP contribution in [0.3, 0.4) is 0 Å². The monoisotopic (exact) mass is 389 g/mol. The Hall–Kier alpha value is -2.84. The Balaban J connectivity index is 1.72. The van der Waals surface area contributed by atoms with Crippen LogP contribution in [0.25, 0.3) is 5.65 Å². The van der Waals surface area contributed by atoms with Gasteiger partial charge in [0, 0.05) is 38.8 Å². The van der Waals surface area contributed by atoms with Crippen LogP contribution in [-0.4, -0.2) is 58.4 Å². The summed E-state index contributed by atoms with van der Waals surface area (Å²) < 4.78 is 7.20. The normalized spacial score (nSPS) is 12.1. The molecule has 2 aromatic rings. The number of fused-ring (bicyclic) bond motifs is 1. The van der Waals surface area contributed by atoms with Gasteiger partial charge in [-0.1, -0.05) is 6.07 Å². The van der Waals surface area contributed by atoms with E-state index in [2.05, 4.69) is 31.1 Å². The number of nitrogens with zero attached hydrogens (tertiary/aromatic N) is 4. The molecular weight excluding hydrogens is 358 g/mol. The van der Waals surface area contributed by atoms with Crippen molar-refractivity contribution in [1.29, 1.82) is 0 Å². The van der Waals surface area contributed by atoms with Gasteiger partial charge in [-0.05, 0) is 46.2 Å². The molecule has 0 aliphatic heterocycles. The molecule has 154 valence electrons. The summed E-state index contributed by atoms with van der Waals surface area (Å²) in [6.07, 6.45) is 3.21. The molecule has 0 unspecified atom stereocenters. The average molecular weight is 390 g/mol. The van der Waals surface area contributed by atoms with E-state index in [1.165, 1.54) is 0 Å². The van der Waals surface area contributed by atoms with Gasteiger partial charge in [0.25, 0.3) is 0 Å². The first-order valence-corrected chi connectivity index (χ1v) is 9.66. The summed E-state index contributed by atoms with van der Waals surface area (Å²) in [7, 11) is 0. The lowest BCUT2D eigenvalue weighted by molar-refractivity contribution is 0.0529. The minimum Gasteiger partial charge on any atom is -0.444 e. The van der Waals surface area contributed by atoms with E-state index in [0.29, 0.717) is 19.6 Å². The van der Waals surface area contributed by atoms with Crippen molar-refractivity contribution in [2.24, 2.45) is 4.99 Å². The Morgan fingerprint density at radius 2 is 1.96 bits per heavy atom. The fraction of sp³-hybridized carbons (Fsp3) is 0.579. The molecule has 9 heteroatoms. The molecular formula is C19H31N7O2. The number of aromatic nitrogens is 3. The van der Waals surface area contributed by atoms with Crippen LogP contribution < -0.4 is 16.0 Å². The number of ether oxygens (including phenoxy) is 1. The molecule has 9 nitrogen and oxygen atoms in total. The summed E-state index contributed by atoms with van der Waals surface area (Å²) in [5.41, 5.74) is 0.359. The maximum atomic E-state index is 11.6. The fourth-order valence-electron chi connectivity index (χ4n) is 2.49. The highest BCUT2D eigenvalue weighted by Crippen LogP contribution is 2.06. The van der Waals surface area contributed by atoms with Gasteiger partial charge in [0.1, 0.15) is 11.4 Å². The second-order valence-electron chi connectivity index (χ2n) is 7.26. The largest absolute Gasteiger partial charge is 0.444 e.